The Balaban J connectivity index is 1.38. The van der Waals surface area contributed by atoms with Crippen LogP contribution in [-0.4, -0.2) is 59.4 Å². The van der Waals surface area contributed by atoms with E-state index in [0.717, 1.165) is 63.1 Å². The van der Waals surface area contributed by atoms with E-state index in [0.29, 0.717) is 5.92 Å². The Bertz CT molecular complexity index is 813. The van der Waals surface area contributed by atoms with Gasteiger partial charge in [0.25, 0.3) is 0 Å². The van der Waals surface area contributed by atoms with Crippen molar-refractivity contribution in [3.63, 3.8) is 0 Å². The number of morpholine rings is 1. The van der Waals surface area contributed by atoms with Crippen LogP contribution in [-0.2, 0) is 16.0 Å². The molecule has 1 aliphatic carbocycles. The Morgan fingerprint density at radius 2 is 2.18 bits per heavy atom. The molecule has 1 amide bonds. The number of aromatic amines is 1. The van der Waals surface area contributed by atoms with Gasteiger partial charge in [-0.2, -0.15) is 0 Å². The van der Waals surface area contributed by atoms with E-state index in [2.05, 4.69) is 32.3 Å². The molecule has 2 aliphatic rings. The first-order chi connectivity index (χ1) is 13.6. The molecule has 1 saturated heterocycles. The molecule has 2 aromatic rings. The summed E-state index contributed by atoms with van der Waals surface area (Å²) in [5.74, 6) is 0.395. The molecule has 28 heavy (non-hydrogen) atoms. The summed E-state index contributed by atoms with van der Waals surface area (Å²) in [6.45, 7) is 8.34. The van der Waals surface area contributed by atoms with E-state index in [1.165, 1.54) is 11.3 Å². The highest BCUT2D eigenvalue weighted by molar-refractivity contribution is 5.77. The van der Waals surface area contributed by atoms with Crippen LogP contribution in [0.15, 0.2) is 18.3 Å². The van der Waals surface area contributed by atoms with Gasteiger partial charge in [-0.05, 0) is 56.7 Å². The number of carbonyl (C=O) groups excluding carboxylic acids is 1. The Labute approximate surface area is 165 Å². The van der Waals surface area contributed by atoms with Gasteiger partial charge in [0.1, 0.15) is 11.8 Å². The molecule has 3 heterocycles. The zero-order chi connectivity index (χ0) is 19.5. The summed E-state index contributed by atoms with van der Waals surface area (Å²) >= 11 is 0. The highest BCUT2D eigenvalue weighted by Gasteiger charge is 2.29. The molecule has 7 nitrogen and oxygen atoms in total. The first-order valence-corrected chi connectivity index (χ1v) is 10.3. The maximum absolute atomic E-state index is 11.8. The quantitative estimate of drug-likeness (QED) is 0.825. The third kappa shape index (κ3) is 4.64. The van der Waals surface area contributed by atoms with E-state index < -0.39 is 0 Å². The number of aromatic nitrogens is 2. The molecule has 0 bridgehead atoms. The van der Waals surface area contributed by atoms with Gasteiger partial charge in [-0.25, -0.2) is 9.78 Å². The standard InChI is InChI=1S/C21H30N4O3/c1-14(2)23-21(26)28-19-4-3-15(11-19)17-9-16-10-18(24-20(16)22-12-17)13-25-5-7-27-8-6-25/h9-10,12,14-15,19H,3-8,11,13H2,1-2H3,(H,22,24)(H,23,26)/t15-,19+/m0/s1. The van der Waals surface area contributed by atoms with Crippen molar-refractivity contribution in [3.8, 4) is 0 Å². The number of rotatable bonds is 5. The van der Waals surface area contributed by atoms with Crippen LogP contribution in [0.25, 0.3) is 11.0 Å². The average molecular weight is 386 g/mol. The molecular weight excluding hydrogens is 356 g/mol. The normalized spacial score (nSPS) is 23.4. The number of H-pyrrole nitrogens is 1. The van der Waals surface area contributed by atoms with Crippen LogP contribution in [0.5, 0.6) is 0 Å². The van der Waals surface area contributed by atoms with Gasteiger partial charge in [-0.3, -0.25) is 4.90 Å². The summed E-state index contributed by atoms with van der Waals surface area (Å²) in [7, 11) is 0. The molecule has 152 valence electrons. The molecule has 4 rings (SSSR count). The zero-order valence-electron chi connectivity index (χ0n) is 16.7. The molecule has 0 spiro atoms. The third-order valence-electron chi connectivity index (χ3n) is 5.58. The minimum Gasteiger partial charge on any atom is -0.446 e. The van der Waals surface area contributed by atoms with Crippen LogP contribution < -0.4 is 5.32 Å². The number of hydrogen-bond donors (Lipinski definition) is 2. The molecule has 0 aromatic carbocycles. The number of amides is 1. The second kappa shape index (κ2) is 8.49. The van der Waals surface area contributed by atoms with Crippen LogP contribution >= 0.6 is 0 Å². The summed E-state index contributed by atoms with van der Waals surface area (Å²) in [6.07, 6.45) is 4.44. The smallest absolute Gasteiger partial charge is 0.407 e. The predicted octanol–water partition coefficient (Wildman–Crippen LogP) is 3.17. The molecule has 2 N–H and O–H groups in total. The van der Waals surface area contributed by atoms with Crippen molar-refractivity contribution < 1.29 is 14.3 Å². The summed E-state index contributed by atoms with van der Waals surface area (Å²) in [5.41, 5.74) is 3.37. The highest BCUT2D eigenvalue weighted by atomic mass is 16.6. The molecule has 2 fully saturated rings. The minimum atomic E-state index is -0.312. The summed E-state index contributed by atoms with van der Waals surface area (Å²) in [4.78, 5) is 22.3. The van der Waals surface area contributed by atoms with E-state index >= 15 is 0 Å². The van der Waals surface area contributed by atoms with Gasteiger partial charge in [0.05, 0.1) is 13.2 Å². The SMILES string of the molecule is CC(C)NC(=O)O[C@@H]1CC[C@H](c2cnc3[nH]c(CN4CCOCC4)cc3c2)C1. The van der Waals surface area contributed by atoms with Crippen LogP contribution in [0.2, 0.25) is 0 Å². The van der Waals surface area contributed by atoms with E-state index in [9.17, 15) is 4.79 Å². The van der Waals surface area contributed by atoms with Crippen molar-refractivity contribution in [1.82, 2.24) is 20.2 Å². The van der Waals surface area contributed by atoms with Crippen molar-refractivity contribution >= 4 is 17.1 Å². The number of hydrogen-bond acceptors (Lipinski definition) is 5. The lowest BCUT2D eigenvalue weighted by Crippen LogP contribution is -2.35. The fourth-order valence-electron chi connectivity index (χ4n) is 4.17. The number of nitrogens with zero attached hydrogens (tertiary/aromatic N) is 2. The molecule has 1 saturated carbocycles. The van der Waals surface area contributed by atoms with E-state index in [4.69, 9.17) is 9.47 Å². The lowest BCUT2D eigenvalue weighted by molar-refractivity contribution is 0.0337. The number of ether oxygens (including phenoxy) is 2. The average Bonchev–Trinajstić information content (AvgIpc) is 3.27. The van der Waals surface area contributed by atoms with E-state index in [1.807, 2.05) is 20.0 Å². The van der Waals surface area contributed by atoms with Crippen molar-refractivity contribution in [1.29, 1.82) is 0 Å². The molecule has 7 heteroatoms. The van der Waals surface area contributed by atoms with Gasteiger partial charge in [0.15, 0.2) is 0 Å². The zero-order valence-corrected chi connectivity index (χ0v) is 16.7. The van der Waals surface area contributed by atoms with Crippen molar-refractivity contribution in [2.75, 3.05) is 26.3 Å². The second-order valence-electron chi connectivity index (χ2n) is 8.23. The number of nitrogens with one attached hydrogen (secondary N) is 2. The number of fused-ring (bicyclic) bond motifs is 1. The largest absolute Gasteiger partial charge is 0.446 e. The first-order valence-electron chi connectivity index (χ1n) is 10.3. The van der Waals surface area contributed by atoms with Crippen molar-refractivity contribution in [2.45, 2.75) is 57.7 Å². The monoisotopic (exact) mass is 386 g/mol. The van der Waals surface area contributed by atoms with E-state index in [1.54, 1.807) is 0 Å². The molecule has 2 atom stereocenters. The number of pyridine rings is 1. The first kappa shape index (κ1) is 19.2. The second-order valence-corrected chi connectivity index (χ2v) is 8.23. The van der Waals surface area contributed by atoms with Crippen LogP contribution in [0, 0.1) is 0 Å². The van der Waals surface area contributed by atoms with Gasteiger partial charge >= 0.3 is 6.09 Å². The van der Waals surface area contributed by atoms with Crippen LogP contribution in [0.1, 0.15) is 50.3 Å². The maximum Gasteiger partial charge on any atom is 0.407 e. The fraction of sp³-hybridized carbons (Fsp3) is 0.619. The van der Waals surface area contributed by atoms with E-state index in [-0.39, 0.29) is 18.2 Å². The Kier molecular flexibility index (Phi) is 5.82. The van der Waals surface area contributed by atoms with Crippen LogP contribution in [0.3, 0.4) is 0 Å². The molecule has 0 radical (unpaired) electrons. The van der Waals surface area contributed by atoms with Gasteiger partial charge in [0.2, 0.25) is 0 Å². The lowest BCUT2D eigenvalue weighted by atomic mass is 9.99. The fourth-order valence-corrected chi connectivity index (χ4v) is 4.17. The number of carbonyl (C=O) groups is 1. The van der Waals surface area contributed by atoms with Crippen molar-refractivity contribution in [2.24, 2.45) is 0 Å². The van der Waals surface area contributed by atoms with Gasteiger partial charge in [-0.1, -0.05) is 0 Å². The third-order valence-corrected chi connectivity index (χ3v) is 5.58. The predicted molar refractivity (Wildman–Crippen MR) is 107 cm³/mol. The summed E-state index contributed by atoms with van der Waals surface area (Å²) in [5, 5.41) is 3.95. The lowest BCUT2D eigenvalue weighted by Gasteiger charge is -2.25. The topological polar surface area (TPSA) is 79.5 Å². The Morgan fingerprint density at radius 1 is 1.36 bits per heavy atom. The Hall–Kier alpha value is -2.12. The van der Waals surface area contributed by atoms with Crippen molar-refractivity contribution in [3.05, 3.63) is 29.6 Å². The van der Waals surface area contributed by atoms with Gasteiger partial charge in [-0.15, -0.1) is 0 Å². The summed E-state index contributed by atoms with van der Waals surface area (Å²) < 4.78 is 11.0. The van der Waals surface area contributed by atoms with Crippen LogP contribution in [0.4, 0.5) is 4.79 Å². The molecule has 0 unspecified atom stereocenters. The Morgan fingerprint density at radius 3 is 2.96 bits per heavy atom. The number of alkyl carbamates (subject to hydrolysis) is 1. The van der Waals surface area contributed by atoms with Gasteiger partial charge in [0, 0.05) is 43.0 Å². The van der Waals surface area contributed by atoms with Gasteiger partial charge < -0.3 is 19.8 Å². The highest BCUT2D eigenvalue weighted by Crippen LogP contribution is 2.36. The molecule has 2 aromatic heterocycles. The molecular formula is C21H30N4O3. The summed E-state index contributed by atoms with van der Waals surface area (Å²) in [6, 6.07) is 4.54. The molecule has 1 aliphatic heterocycles. The minimum absolute atomic E-state index is 0.0115. The maximum atomic E-state index is 11.8.